The van der Waals surface area contributed by atoms with Gasteiger partial charge in [0.05, 0.1) is 19.9 Å². The van der Waals surface area contributed by atoms with E-state index in [9.17, 15) is 9.59 Å². The molecule has 2 aromatic heterocycles. The number of rotatable bonds is 7. The van der Waals surface area contributed by atoms with Crippen molar-refractivity contribution in [2.24, 2.45) is 0 Å². The van der Waals surface area contributed by atoms with Gasteiger partial charge in [0.15, 0.2) is 0 Å². The van der Waals surface area contributed by atoms with Gasteiger partial charge in [-0.15, -0.1) is 0 Å². The molecule has 0 spiro atoms. The molecule has 1 amide bonds. The van der Waals surface area contributed by atoms with Gasteiger partial charge in [-0.3, -0.25) is 9.59 Å². The quantitative estimate of drug-likeness (QED) is 0.480. The van der Waals surface area contributed by atoms with E-state index in [1.54, 1.807) is 27.2 Å². The Hall–Kier alpha value is -4.14. The molecule has 0 aliphatic rings. The number of aryl methyl sites for hydroxylation is 1. The number of carbonyl (C=O) groups is 1. The first-order chi connectivity index (χ1) is 15.5. The van der Waals surface area contributed by atoms with Gasteiger partial charge < -0.3 is 14.8 Å². The first-order valence-electron chi connectivity index (χ1n) is 10.00. The molecule has 0 radical (unpaired) electrons. The maximum Gasteiger partial charge on any atom is 0.293 e. The molecule has 0 saturated carbocycles. The smallest absolute Gasteiger partial charge is 0.293 e. The molecular formula is C23H23N5O4. The maximum atomic E-state index is 12.9. The monoisotopic (exact) mass is 433 g/mol. The molecule has 164 valence electrons. The van der Waals surface area contributed by atoms with E-state index < -0.39 is 0 Å². The largest absolute Gasteiger partial charge is 0.497 e. The lowest BCUT2D eigenvalue weighted by molar-refractivity contribution is -0.122. The van der Waals surface area contributed by atoms with E-state index in [4.69, 9.17) is 9.47 Å². The van der Waals surface area contributed by atoms with E-state index in [1.807, 2.05) is 48.5 Å². The van der Waals surface area contributed by atoms with Gasteiger partial charge in [-0.1, -0.05) is 12.1 Å². The third-order valence-corrected chi connectivity index (χ3v) is 5.04. The fourth-order valence-corrected chi connectivity index (χ4v) is 3.36. The van der Waals surface area contributed by atoms with E-state index in [0.717, 1.165) is 21.6 Å². The average Bonchev–Trinajstić information content (AvgIpc) is 3.28. The molecule has 0 atom stereocenters. The zero-order valence-electron chi connectivity index (χ0n) is 18.0. The SMILES string of the molecule is COc1ccc(-c2cc3c(=O)n(CC(=O)NCc4cccc(OC)c4)nc(C)n3n2)cc1. The number of nitrogens with one attached hydrogen (secondary N) is 1. The lowest BCUT2D eigenvalue weighted by Gasteiger charge is -2.09. The molecular weight excluding hydrogens is 410 g/mol. The van der Waals surface area contributed by atoms with Gasteiger partial charge in [0.1, 0.15) is 29.4 Å². The van der Waals surface area contributed by atoms with Crippen molar-refractivity contribution in [3.63, 3.8) is 0 Å². The molecule has 9 nitrogen and oxygen atoms in total. The number of amides is 1. The summed E-state index contributed by atoms with van der Waals surface area (Å²) in [7, 11) is 3.19. The number of fused-ring (bicyclic) bond motifs is 1. The van der Waals surface area contributed by atoms with Crippen LogP contribution in [0.5, 0.6) is 11.5 Å². The van der Waals surface area contributed by atoms with Crippen molar-refractivity contribution < 1.29 is 14.3 Å². The Kier molecular flexibility index (Phi) is 5.89. The third-order valence-electron chi connectivity index (χ3n) is 5.04. The summed E-state index contributed by atoms with van der Waals surface area (Å²) >= 11 is 0. The zero-order valence-corrected chi connectivity index (χ0v) is 18.0. The van der Waals surface area contributed by atoms with Crippen LogP contribution in [0.25, 0.3) is 16.8 Å². The summed E-state index contributed by atoms with van der Waals surface area (Å²) in [6.45, 7) is 1.87. The number of hydrogen-bond donors (Lipinski definition) is 1. The summed E-state index contributed by atoms with van der Waals surface area (Å²) in [4.78, 5) is 25.4. The highest BCUT2D eigenvalue weighted by atomic mass is 16.5. The highest BCUT2D eigenvalue weighted by Crippen LogP contribution is 2.22. The standard InChI is InChI=1S/C23H23N5O4/c1-15-25-27(14-22(29)24-13-16-5-4-6-19(11-16)32-3)23(30)21-12-20(26-28(15)21)17-7-9-18(31-2)10-8-17/h4-12H,13-14H2,1-3H3,(H,24,29). The third kappa shape index (κ3) is 4.31. The molecule has 0 saturated heterocycles. The van der Waals surface area contributed by atoms with E-state index in [0.29, 0.717) is 29.3 Å². The van der Waals surface area contributed by atoms with Crippen LogP contribution in [0.1, 0.15) is 11.4 Å². The fourth-order valence-electron chi connectivity index (χ4n) is 3.36. The normalized spacial score (nSPS) is 10.8. The lowest BCUT2D eigenvalue weighted by Crippen LogP contribution is -2.34. The molecule has 0 bridgehead atoms. The van der Waals surface area contributed by atoms with Gasteiger partial charge in [0.2, 0.25) is 5.91 Å². The van der Waals surface area contributed by atoms with E-state index in [1.165, 1.54) is 4.52 Å². The van der Waals surface area contributed by atoms with E-state index in [2.05, 4.69) is 15.5 Å². The van der Waals surface area contributed by atoms with Crippen LogP contribution < -0.4 is 20.3 Å². The van der Waals surface area contributed by atoms with Crippen molar-refractivity contribution in [1.29, 1.82) is 0 Å². The summed E-state index contributed by atoms with van der Waals surface area (Å²) in [6.07, 6.45) is 0. The Morgan fingerprint density at radius 1 is 1.00 bits per heavy atom. The van der Waals surface area contributed by atoms with Gasteiger partial charge in [-0.05, 0) is 55.0 Å². The maximum absolute atomic E-state index is 12.9. The number of carbonyl (C=O) groups excluding carboxylic acids is 1. The van der Waals surface area contributed by atoms with Gasteiger partial charge in [0.25, 0.3) is 5.56 Å². The molecule has 1 N–H and O–H groups in total. The Bertz CT molecular complexity index is 1320. The van der Waals surface area contributed by atoms with Crippen LogP contribution in [0.4, 0.5) is 0 Å². The Morgan fingerprint density at radius 2 is 1.75 bits per heavy atom. The van der Waals surface area contributed by atoms with Crippen molar-refractivity contribution in [3.05, 3.63) is 76.3 Å². The molecule has 0 unspecified atom stereocenters. The first-order valence-corrected chi connectivity index (χ1v) is 10.00. The summed E-state index contributed by atoms with van der Waals surface area (Å²) < 4.78 is 13.0. The van der Waals surface area contributed by atoms with Crippen LogP contribution in [0.15, 0.2) is 59.4 Å². The number of benzene rings is 2. The van der Waals surface area contributed by atoms with E-state index >= 15 is 0 Å². The molecule has 4 aromatic rings. The van der Waals surface area contributed by atoms with Crippen LogP contribution in [0.3, 0.4) is 0 Å². The summed E-state index contributed by atoms with van der Waals surface area (Å²) in [5.74, 6) is 1.63. The van der Waals surface area contributed by atoms with Crippen LogP contribution in [0, 0.1) is 6.92 Å². The molecule has 9 heteroatoms. The fraction of sp³-hybridized carbons (Fsp3) is 0.217. The van der Waals surface area contributed by atoms with Crippen molar-refractivity contribution in [1.82, 2.24) is 24.7 Å². The number of methoxy groups -OCH3 is 2. The minimum atomic E-state index is -0.389. The second kappa shape index (κ2) is 8.93. The van der Waals surface area contributed by atoms with Gasteiger partial charge in [-0.25, -0.2) is 9.20 Å². The summed E-state index contributed by atoms with van der Waals surface area (Å²) in [5.41, 5.74) is 2.33. The molecule has 32 heavy (non-hydrogen) atoms. The molecule has 0 aliphatic heterocycles. The average molecular weight is 433 g/mol. The number of aromatic nitrogens is 4. The van der Waals surface area contributed by atoms with Crippen LogP contribution in [-0.2, 0) is 17.9 Å². The van der Waals surface area contributed by atoms with Crippen molar-refractivity contribution in [2.45, 2.75) is 20.0 Å². The second-order valence-electron chi connectivity index (χ2n) is 7.19. The van der Waals surface area contributed by atoms with Crippen molar-refractivity contribution in [3.8, 4) is 22.8 Å². The van der Waals surface area contributed by atoms with Gasteiger partial charge in [-0.2, -0.15) is 10.2 Å². The number of ether oxygens (including phenoxy) is 2. The Balaban J connectivity index is 1.54. The van der Waals surface area contributed by atoms with E-state index in [-0.39, 0.29) is 18.0 Å². The molecule has 0 fully saturated rings. The van der Waals surface area contributed by atoms with Crippen LogP contribution in [-0.4, -0.2) is 39.5 Å². The molecule has 2 aromatic carbocycles. The van der Waals surface area contributed by atoms with Crippen molar-refractivity contribution >= 4 is 11.4 Å². The Labute approximate surface area is 184 Å². The van der Waals surface area contributed by atoms with Crippen LogP contribution in [0.2, 0.25) is 0 Å². The van der Waals surface area contributed by atoms with Gasteiger partial charge >= 0.3 is 0 Å². The first kappa shape index (κ1) is 21.1. The Morgan fingerprint density at radius 3 is 2.47 bits per heavy atom. The number of hydrogen-bond acceptors (Lipinski definition) is 6. The topological polar surface area (TPSA) is 99.8 Å². The summed E-state index contributed by atoms with van der Waals surface area (Å²) in [5, 5.41) is 11.6. The molecule has 2 heterocycles. The zero-order chi connectivity index (χ0) is 22.7. The minimum absolute atomic E-state index is 0.191. The van der Waals surface area contributed by atoms with Crippen LogP contribution >= 0.6 is 0 Å². The number of nitrogens with zero attached hydrogens (tertiary/aromatic N) is 4. The van der Waals surface area contributed by atoms with Crippen molar-refractivity contribution in [2.75, 3.05) is 14.2 Å². The molecule has 0 aliphatic carbocycles. The summed E-state index contributed by atoms with van der Waals surface area (Å²) in [6, 6.07) is 16.5. The lowest BCUT2D eigenvalue weighted by atomic mass is 10.1. The molecule has 4 rings (SSSR count). The minimum Gasteiger partial charge on any atom is -0.497 e. The predicted molar refractivity (Wildman–Crippen MR) is 119 cm³/mol. The predicted octanol–water partition coefficient (Wildman–Crippen LogP) is 2.20. The van der Waals surface area contributed by atoms with Gasteiger partial charge in [0, 0.05) is 12.1 Å². The highest BCUT2D eigenvalue weighted by Gasteiger charge is 2.15. The highest BCUT2D eigenvalue weighted by molar-refractivity contribution is 5.75. The second-order valence-corrected chi connectivity index (χ2v) is 7.19.